The van der Waals surface area contributed by atoms with E-state index in [1.54, 1.807) is 12.3 Å². The molecule has 0 N–H and O–H groups in total. The molecule has 18 heavy (non-hydrogen) atoms. The van der Waals surface area contributed by atoms with Crippen LogP contribution in [0.5, 0.6) is 5.88 Å². The van der Waals surface area contributed by atoms with E-state index in [-0.39, 0.29) is 4.90 Å². The highest BCUT2D eigenvalue weighted by atomic mass is 35.7. The third kappa shape index (κ3) is 2.80. The number of nitrogens with zero attached hydrogens (tertiary/aromatic N) is 3. The van der Waals surface area contributed by atoms with Crippen LogP contribution in [-0.2, 0) is 15.6 Å². The van der Waals surface area contributed by atoms with Gasteiger partial charge in [-0.2, -0.15) is 5.10 Å². The molecule has 0 radical (unpaired) electrons. The zero-order valence-electron chi connectivity index (χ0n) is 9.45. The maximum Gasteiger partial charge on any atom is 0.264 e. The van der Waals surface area contributed by atoms with Gasteiger partial charge in [0.25, 0.3) is 9.05 Å². The molecule has 0 aliphatic carbocycles. The first-order valence-electron chi connectivity index (χ1n) is 4.95. The number of ether oxygens (including phenoxy) is 1. The second-order valence-corrected chi connectivity index (χ2v) is 6.05. The van der Waals surface area contributed by atoms with Crippen molar-refractivity contribution in [3.8, 4) is 5.88 Å². The number of pyridine rings is 1. The second kappa shape index (κ2) is 4.95. The van der Waals surface area contributed by atoms with E-state index in [9.17, 15) is 8.42 Å². The van der Waals surface area contributed by atoms with Crippen LogP contribution in [0.1, 0.15) is 5.56 Å². The van der Waals surface area contributed by atoms with Crippen LogP contribution < -0.4 is 4.74 Å². The smallest absolute Gasteiger partial charge is 0.264 e. The lowest BCUT2D eigenvalue weighted by Crippen LogP contribution is -2.03. The predicted octanol–water partition coefficient (Wildman–Crippen LogP) is 1.26. The van der Waals surface area contributed by atoms with E-state index in [0.29, 0.717) is 12.4 Å². The fourth-order valence-electron chi connectivity index (χ4n) is 1.46. The molecule has 0 saturated heterocycles. The van der Waals surface area contributed by atoms with Gasteiger partial charge >= 0.3 is 0 Å². The van der Waals surface area contributed by atoms with Crippen molar-refractivity contribution in [3.63, 3.8) is 0 Å². The lowest BCUT2D eigenvalue weighted by atomic mass is 10.3. The molecule has 2 aromatic rings. The Morgan fingerprint density at radius 1 is 1.50 bits per heavy atom. The minimum absolute atomic E-state index is 0.0352. The first kappa shape index (κ1) is 12.8. The Balaban J connectivity index is 2.27. The van der Waals surface area contributed by atoms with Crippen LogP contribution in [0.3, 0.4) is 0 Å². The summed E-state index contributed by atoms with van der Waals surface area (Å²) in [4.78, 5) is 4.01. The highest BCUT2D eigenvalue weighted by Crippen LogP contribution is 2.17. The Morgan fingerprint density at radius 2 is 2.28 bits per heavy atom. The Morgan fingerprint density at radius 3 is 2.89 bits per heavy atom. The molecule has 0 aliphatic rings. The topological polar surface area (TPSA) is 74.1 Å². The second-order valence-electron chi connectivity index (χ2n) is 3.48. The fourth-order valence-corrected chi connectivity index (χ4v) is 2.12. The van der Waals surface area contributed by atoms with Gasteiger partial charge in [0.05, 0.1) is 19.9 Å². The lowest BCUT2D eigenvalue weighted by Gasteiger charge is -2.06. The number of hydrogen-bond acceptors (Lipinski definition) is 5. The molecule has 0 spiro atoms. The van der Waals surface area contributed by atoms with E-state index in [1.807, 2.05) is 6.07 Å². The zero-order valence-corrected chi connectivity index (χ0v) is 11.0. The van der Waals surface area contributed by atoms with Gasteiger partial charge in [0, 0.05) is 28.6 Å². The van der Waals surface area contributed by atoms with E-state index in [0.717, 1.165) is 5.56 Å². The summed E-state index contributed by atoms with van der Waals surface area (Å²) in [5.41, 5.74) is 0.793. The van der Waals surface area contributed by atoms with Gasteiger partial charge in [0.1, 0.15) is 4.90 Å². The van der Waals surface area contributed by atoms with E-state index in [1.165, 1.54) is 24.2 Å². The summed E-state index contributed by atoms with van der Waals surface area (Å²) in [6, 6.07) is 3.59. The number of rotatable bonds is 4. The normalized spacial score (nSPS) is 11.4. The third-order valence-electron chi connectivity index (χ3n) is 2.27. The van der Waals surface area contributed by atoms with Gasteiger partial charge in [-0.15, -0.1) is 0 Å². The predicted molar refractivity (Wildman–Crippen MR) is 65.2 cm³/mol. The molecule has 0 aliphatic heterocycles. The minimum Gasteiger partial charge on any atom is -0.481 e. The number of halogens is 1. The average molecular weight is 288 g/mol. The maximum atomic E-state index is 11.1. The van der Waals surface area contributed by atoms with Crippen LogP contribution in [0, 0.1) is 0 Å². The Bertz CT molecular complexity index is 654. The molecule has 2 rings (SSSR count). The van der Waals surface area contributed by atoms with Gasteiger partial charge in [-0.25, -0.2) is 13.4 Å². The first-order valence-corrected chi connectivity index (χ1v) is 7.26. The monoisotopic (exact) mass is 287 g/mol. The molecule has 6 nitrogen and oxygen atoms in total. The molecule has 0 aromatic carbocycles. The summed E-state index contributed by atoms with van der Waals surface area (Å²) >= 11 is 0. The summed E-state index contributed by atoms with van der Waals surface area (Å²) in [7, 11) is 2.98. The summed E-state index contributed by atoms with van der Waals surface area (Å²) in [6.45, 7) is 0.351. The van der Waals surface area contributed by atoms with Gasteiger partial charge < -0.3 is 4.74 Å². The molecular formula is C10H10ClN3O3S. The van der Waals surface area contributed by atoms with Gasteiger partial charge in [0.2, 0.25) is 5.88 Å². The van der Waals surface area contributed by atoms with Crippen molar-refractivity contribution < 1.29 is 13.2 Å². The van der Waals surface area contributed by atoms with E-state index in [4.69, 9.17) is 15.4 Å². The van der Waals surface area contributed by atoms with Crippen LogP contribution in [0.15, 0.2) is 35.6 Å². The molecule has 96 valence electrons. The lowest BCUT2D eigenvalue weighted by molar-refractivity contribution is 0.390. The third-order valence-corrected chi connectivity index (χ3v) is 3.58. The molecule has 0 unspecified atom stereocenters. The molecule has 0 atom stereocenters. The van der Waals surface area contributed by atoms with Gasteiger partial charge in [-0.3, -0.25) is 4.68 Å². The van der Waals surface area contributed by atoms with E-state index < -0.39 is 9.05 Å². The Labute approximate surface area is 109 Å². The molecule has 0 saturated carbocycles. The highest BCUT2D eigenvalue weighted by molar-refractivity contribution is 8.13. The average Bonchev–Trinajstić information content (AvgIpc) is 2.78. The number of methoxy groups -OCH3 is 1. The molecule has 0 bridgehead atoms. The van der Waals surface area contributed by atoms with Crippen molar-refractivity contribution in [1.82, 2.24) is 14.8 Å². The highest BCUT2D eigenvalue weighted by Gasteiger charge is 2.13. The molecule has 8 heteroatoms. The van der Waals surface area contributed by atoms with E-state index >= 15 is 0 Å². The van der Waals surface area contributed by atoms with Crippen LogP contribution in [0.25, 0.3) is 0 Å². The molecule has 0 fully saturated rings. The van der Waals surface area contributed by atoms with Crippen molar-refractivity contribution in [2.75, 3.05) is 7.11 Å². The van der Waals surface area contributed by atoms with Crippen molar-refractivity contribution in [3.05, 3.63) is 36.3 Å². The summed E-state index contributed by atoms with van der Waals surface area (Å²) in [5.74, 6) is 0.475. The zero-order chi connectivity index (χ0) is 13.2. The fraction of sp³-hybridized carbons (Fsp3) is 0.200. The molecular weight excluding hydrogens is 278 g/mol. The van der Waals surface area contributed by atoms with Crippen molar-refractivity contribution in [2.45, 2.75) is 11.4 Å². The van der Waals surface area contributed by atoms with Gasteiger partial charge in [-0.1, -0.05) is 6.07 Å². The van der Waals surface area contributed by atoms with Crippen molar-refractivity contribution in [2.24, 2.45) is 0 Å². The van der Waals surface area contributed by atoms with Crippen LogP contribution in [0.2, 0.25) is 0 Å². The SMILES string of the molecule is COc1ncccc1Cn1cc(S(=O)(=O)Cl)cn1. The maximum absolute atomic E-state index is 11.1. The largest absolute Gasteiger partial charge is 0.481 e. The molecule has 2 aromatic heterocycles. The summed E-state index contributed by atoms with van der Waals surface area (Å²) in [5, 5.41) is 3.92. The quantitative estimate of drug-likeness (QED) is 0.792. The summed E-state index contributed by atoms with van der Waals surface area (Å²) in [6.07, 6.45) is 4.17. The molecule has 0 amide bonds. The van der Waals surface area contributed by atoms with Gasteiger partial charge in [0.15, 0.2) is 0 Å². The number of hydrogen-bond donors (Lipinski definition) is 0. The summed E-state index contributed by atoms with van der Waals surface area (Å²) < 4.78 is 28.7. The Kier molecular flexibility index (Phi) is 3.53. The standard InChI is InChI=1S/C10H10ClN3O3S/c1-17-10-8(3-2-4-12-10)6-14-7-9(5-13-14)18(11,15)16/h2-5,7H,6H2,1H3. The molecule has 2 heterocycles. The minimum atomic E-state index is -3.75. The first-order chi connectivity index (χ1) is 8.50. The van der Waals surface area contributed by atoms with Crippen molar-refractivity contribution in [1.29, 1.82) is 0 Å². The van der Waals surface area contributed by atoms with Crippen LogP contribution >= 0.6 is 10.7 Å². The van der Waals surface area contributed by atoms with Crippen LogP contribution in [0.4, 0.5) is 0 Å². The van der Waals surface area contributed by atoms with Gasteiger partial charge in [-0.05, 0) is 6.07 Å². The van der Waals surface area contributed by atoms with Crippen molar-refractivity contribution >= 4 is 19.7 Å². The van der Waals surface area contributed by atoms with E-state index in [2.05, 4.69) is 10.1 Å². The van der Waals surface area contributed by atoms with Crippen LogP contribution in [-0.4, -0.2) is 30.3 Å². The number of aromatic nitrogens is 3. The Hall–Kier alpha value is -1.60.